The van der Waals surface area contributed by atoms with Gasteiger partial charge in [-0.1, -0.05) is 6.07 Å². The number of aryl methyl sites for hydroxylation is 1. The molecule has 3 rings (SSSR count). The number of ether oxygens (including phenoxy) is 2. The summed E-state index contributed by atoms with van der Waals surface area (Å²) in [6.45, 7) is 2.12. The molecule has 5 nitrogen and oxygen atoms in total. The van der Waals surface area contributed by atoms with Crippen molar-refractivity contribution in [3.05, 3.63) is 29.3 Å². The number of carbonyl (C=O) groups excluding carboxylic acids is 2. The van der Waals surface area contributed by atoms with Crippen molar-refractivity contribution < 1.29 is 19.1 Å². The summed E-state index contributed by atoms with van der Waals surface area (Å²) >= 11 is 1.51. The lowest BCUT2D eigenvalue weighted by molar-refractivity contribution is -0.146. The summed E-state index contributed by atoms with van der Waals surface area (Å²) in [6.07, 6.45) is 3.42. The van der Waals surface area contributed by atoms with Gasteiger partial charge in [0, 0.05) is 12.3 Å². The van der Waals surface area contributed by atoms with Gasteiger partial charge in [0.25, 0.3) is 0 Å². The number of benzene rings is 1. The Morgan fingerprint density at radius 2 is 2.16 bits per heavy atom. The van der Waals surface area contributed by atoms with E-state index in [0.29, 0.717) is 24.8 Å². The molecule has 1 N–H and O–H groups in total. The number of fused-ring (bicyclic) bond motifs is 1. The number of esters is 1. The van der Waals surface area contributed by atoms with E-state index < -0.39 is 6.04 Å². The van der Waals surface area contributed by atoms with Crippen molar-refractivity contribution in [2.75, 3.05) is 19.6 Å². The van der Waals surface area contributed by atoms with Crippen molar-refractivity contribution in [1.82, 2.24) is 5.32 Å². The zero-order valence-electron chi connectivity index (χ0n) is 14.7. The number of Topliss-reactive ketones (excluding diaryl/α,β-unsaturated/α-hetero) is 1. The predicted octanol–water partition coefficient (Wildman–Crippen LogP) is 2.35. The lowest BCUT2D eigenvalue weighted by Gasteiger charge is -2.26. The van der Waals surface area contributed by atoms with Gasteiger partial charge in [0.2, 0.25) is 0 Å². The van der Waals surface area contributed by atoms with E-state index in [1.165, 1.54) is 22.9 Å². The quantitative estimate of drug-likeness (QED) is 0.783. The van der Waals surface area contributed by atoms with E-state index in [9.17, 15) is 9.59 Å². The molecule has 0 spiro atoms. The standard InChI is InChI=1S/C19H25NO4S/c1-3-24-19(22)17-18(25-11-20-17)16(21)9-12-4-5-14-10-15(23-2)7-6-13(14)8-12/h6-7,10,12,17-18,20H,3-5,8-9,11H2,1-2H3/t12?,17-,18?/m0/s1. The van der Waals surface area contributed by atoms with Crippen LogP contribution in [0.3, 0.4) is 0 Å². The normalized spacial score (nSPS) is 25.3. The first-order valence-electron chi connectivity index (χ1n) is 8.82. The van der Waals surface area contributed by atoms with Crippen LogP contribution in [0.4, 0.5) is 0 Å². The number of thioether (sulfide) groups is 1. The molecular weight excluding hydrogens is 338 g/mol. The summed E-state index contributed by atoms with van der Waals surface area (Å²) in [6, 6.07) is 5.69. The maximum atomic E-state index is 12.8. The molecule has 0 amide bonds. The van der Waals surface area contributed by atoms with E-state index in [-0.39, 0.29) is 17.0 Å². The Hall–Kier alpha value is -1.53. The molecule has 1 heterocycles. The van der Waals surface area contributed by atoms with Gasteiger partial charge < -0.3 is 9.47 Å². The molecular formula is C19H25NO4S. The second kappa shape index (κ2) is 8.23. The van der Waals surface area contributed by atoms with Crippen LogP contribution in [0.1, 0.15) is 30.9 Å². The summed E-state index contributed by atoms with van der Waals surface area (Å²) < 4.78 is 10.4. The second-order valence-corrected chi connectivity index (χ2v) is 7.71. The minimum atomic E-state index is -0.502. The van der Waals surface area contributed by atoms with Crippen LogP contribution in [0, 0.1) is 5.92 Å². The lowest BCUT2D eigenvalue weighted by atomic mass is 9.81. The van der Waals surface area contributed by atoms with Crippen molar-refractivity contribution >= 4 is 23.5 Å². The third-order valence-electron chi connectivity index (χ3n) is 4.96. The predicted molar refractivity (Wildman–Crippen MR) is 97.9 cm³/mol. The number of rotatable bonds is 6. The van der Waals surface area contributed by atoms with Gasteiger partial charge in [0.15, 0.2) is 0 Å². The number of hydrogen-bond acceptors (Lipinski definition) is 6. The first-order valence-corrected chi connectivity index (χ1v) is 9.87. The molecule has 0 bridgehead atoms. The van der Waals surface area contributed by atoms with Crippen LogP contribution in [0.25, 0.3) is 0 Å². The first-order chi connectivity index (χ1) is 12.1. The molecule has 136 valence electrons. The number of methoxy groups -OCH3 is 1. The largest absolute Gasteiger partial charge is 0.497 e. The summed E-state index contributed by atoms with van der Waals surface area (Å²) in [4.78, 5) is 24.8. The van der Waals surface area contributed by atoms with Crippen LogP contribution in [0.5, 0.6) is 5.75 Å². The molecule has 0 saturated carbocycles. The van der Waals surface area contributed by atoms with Crippen molar-refractivity contribution in [2.45, 2.75) is 43.9 Å². The fourth-order valence-corrected chi connectivity index (χ4v) is 4.79. The van der Waals surface area contributed by atoms with Crippen LogP contribution in [0.15, 0.2) is 18.2 Å². The SMILES string of the molecule is CCOC(=O)[C@H]1NCSC1C(=O)CC1CCc2cc(OC)ccc2C1. The molecule has 0 radical (unpaired) electrons. The zero-order valence-corrected chi connectivity index (χ0v) is 15.6. The topological polar surface area (TPSA) is 64.6 Å². The van der Waals surface area contributed by atoms with E-state index in [1.54, 1.807) is 14.0 Å². The average Bonchev–Trinajstić information content (AvgIpc) is 3.11. The number of ketones is 1. The van der Waals surface area contributed by atoms with Crippen LogP contribution < -0.4 is 10.1 Å². The first kappa shape index (κ1) is 18.3. The molecule has 3 atom stereocenters. The number of hydrogen-bond donors (Lipinski definition) is 1. The van der Waals surface area contributed by atoms with Gasteiger partial charge in [-0.2, -0.15) is 0 Å². The smallest absolute Gasteiger partial charge is 0.324 e. The summed E-state index contributed by atoms with van der Waals surface area (Å²) in [5, 5.41) is 2.77. The van der Waals surface area contributed by atoms with Gasteiger partial charge in [0.1, 0.15) is 17.6 Å². The fourth-order valence-electron chi connectivity index (χ4n) is 3.66. The van der Waals surface area contributed by atoms with E-state index in [4.69, 9.17) is 9.47 Å². The number of carbonyl (C=O) groups is 2. The van der Waals surface area contributed by atoms with Crippen LogP contribution >= 0.6 is 11.8 Å². The average molecular weight is 363 g/mol. The van der Waals surface area contributed by atoms with Gasteiger partial charge in [-0.3, -0.25) is 14.9 Å². The van der Waals surface area contributed by atoms with Crippen molar-refractivity contribution in [3.63, 3.8) is 0 Å². The Morgan fingerprint density at radius 3 is 2.92 bits per heavy atom. The van der Waals surface area contributed by atoms with Crippen LogP contribution in [0.2, 0.25) is 0 Å². The Morgan fingerprint density at radius 1 is 1.32 bits per heavy atom. The molecule has 1 aliphatic heterocycles. The monoisotopic (exact) mass is 363 g/mol. The molecule has 2 aliphatic rings. The van der Waals surface area contributed by atoms with E-state index in [0.717, 1.165) is 25.0 Å². The minimum absolute atomic E-state index is 0.162. The van der Waals surface area contributed by atoms with Gasteiger partial charge in [0.05, 0.1) is 19.0 Å². The second-order valence-electron chi connectivity index (χ2n) is 6.58. The van der Waals surface area contributed by atoms with Gasteiger partial charge in [-0.05, 0) is 55.4 Å². The van der Waals surface area contributed by atoms with Crippen LogP contribution in [-0.2, 0) is 27.2 Å². The molecule has 1 aromatic rings. The van der Waals surface area contributed by atoms with E-state index >= 15 is 0 Å². The van der Waals surface area contributed by atoms with Crippen molar-refractivity contribution in [3.8, 4) is 5.75 Å². The highest BCUT2D eigenvalue weighted by Gasteiger charge is 2.39. The molecule has 1 aromatic carbocycles. The summed E-state index contributed by atoms with van der Waals surface area (Å²) in [7, 11) is 1.68. The molecule has 2 unspecified atom stereocenters. The molecule has 0 aromatic heterocycles. The Bertz CT molecular complexity index is 648. The third-order valence-corrected chi connectivity index (χ3v) is 6.19. The molecule has 1 saturated heterocycles. The van der Waals surface area contributed by atoms with Crippen molar-refractivity contribution in [2.24, 2.45) is 5.92 Å². The Kier molecular flexibility index (Phi) is 6.02. The molecule has 6 heteroatoms. The van der Waals surface area contributed by atoms with E-state index in [1.807, 2.05) is 6.07 Å². The van der Waals surface area contributed by atoms with E-state index in [2.05, 4.69) is 17.4 Å². The van der Waals surface area contributed by atoms with Gasteiger partial charge in [-0.25, -0.2) is 0 Å². The Labute approximate surface area is 152 Å². The van der Waals surface area contributed by atoms with Crippen molar-refractivity contribution in [1.29, 1.82) is 0 Å². The summed E-state index contributed by atoms with van der Waals surface area (Å²) in [5.74, 6) is 1.70. The highest BCUT2D eigenvalue weighted by molar-refractivity contribution is 8.00. The van der Waals surface area contributed by atoms with Crippen LogP contribution in [-0.4, -0.2) is 42.6 Å². The Balaban J connectivity index is 1.60. The number of nitrogens with one attached hydrogen (secondary N) is 1. The zero-order chi connectivity index (χ0) is 17.8. The lowest BCUT2D eigenvalue weighted by Crippen LogP contribution is -2.43. The van der Waals surface area contributed by atoms with Gasteiger partial charge >= 0.3 is 5.97 Å². The van der Waals surface area contributed by atoms with Gasteiger partial charge in [-0.15, -0.1) is 11.8 Å². The maximum absolute atomic E-state index is 12.8. The third kappa shape index (κ3) is 4.18. The summed E-state index contributed by atoms with van der Waals surface area (Å²) in [5.41, 5.74) is 2.63. The minimum Gasteiger partial charge on any atom is -0.497 e. The fraction of sp³-hybridized carbons (Fsp3) is 0.579. The maximum Gasteiger partial charge on any atom is 0.324 e. The molecule has 1 aliphatic carbocycles. The molecule has 25 heavy (non-hydrogen) atoms. The molecule has 1 fully saturated rings. The highest BCUT2D eigenvalue weighted by atomic mass is 32.2. The highest BCUT2D eigenvalue weighted by Crippen LogP contribution is 2.32.